The lowest BCUT2D eigenvalue weighted by Gasteiger charge is -2.03. The van der Waals surface area contributed by atoms with Crippen LogP contribution in [0.2, 0.25) is 0 Å². The summed E-state index contributed by atoms with van der Waals surface area (Å²) in [7, 11) is 0. The van der Waals surface area contributed by atoms with Crippen molar-refractivity contribution in [2.45, 2.75) is 0 Å². The molecule has 8 aromatic rings. The number of hydrogen-bond donors (Lipinski definition) is 0. The lowest BCUT2D eigenvalue weighted by Crippen LogP contribution is -1.93. The van der Waals surface area contributed by atoms with Crippen molar-refractivity contribution in [2.24, 2.45) is 0 Å². The van der Waals surface area contributed by atoms with Crippen LogP contribution in [0.5, 0.6) is 0 Å². The molecule has 0 spiro atoms. The SMILES string of the molecule is c1ccc2cc3c(cc2c1)c1ccccc1n3-c1nc2ccc3sc4ccccc4c3c2o1. The lowest BCUT2D eigenvalue weighted by atomic mass is 10.1. The zero-order valence-corrected chi connectivity index (χ0v) is 18.3. The lowest BCUT2D eigenvalue weighted by molar-refractivity contribution is 0.577. The van der Waals surface area contributed by atoms with Crippen molar-refractivity contribution in [2.75, 3.05) is 0 Å². The smallest absolute Gasteiger partial charge is 0.307 e. The summed E-state index contributed by atoms with van der Waals surface area (Å²) >= 11 is 1.80. The van der Waals surface area contributed by atoms with Gasteiger partial charge in [0.2, 0.25) is 0 Å². The third-order valence-electron chi connectivity index (χ3n) is 6.62. The van der Waals surface area contributed by atoms with Gasteiger partial charge < -0.3 is 4.42 Å². The van der Waals surface area contributed by atoms with Crippen LogP contribution in [-0.2, 0) is 0 Å². The highest BCUT2D eigenvalue weighted by Gasteiger charge is 2.19. The van der Waals surface area contributed by atoms with Crippen molar-refractivity contribution in [3.05, 3.63) is 97.1 Å². The number of nitrogens with zero attached hydrogens (tertiary/aromatic N) is 2. The van der Waals surface area contributed by atoms with Gasteiger partial charge >= 0.3 is 6.01 Å². The van der Waals surface area contributed by atoms with Crippen LogP contribution in [0.3, 0.4) is 0 Å². The number of rotatable bonds is 1. The minimum atomic E-state index is 0.606. The molecule has 0 aliphatic heterocycles. The second kappa shape index (κ2) is 6.21. The summed E-state index contributed by atoms with van der Waals surface area (Å²) in [4.78, 5) is 4.97. The summed E-state index contributed by atoms with van der Waals surface area (Å²) in [6, 6.07) is 34.8. The normalized spacial score (nSPS) is 12.2. The van der Waals surface area contributed by atoms with Crippen LogP contribution in [0.1, 0.15) is 0 Å². The number of benzene rings is 5. The van der Waals surface area contributed by atoms with E-state index < -0.39 is 0 Å². The van der Waals surface area contributed by atoms with Crippen LogP contribution >= 0.6 is 11.3 Å². The Morgan fingerprint density at radius 2 is 1.39 bits per heavy atom. The molecule has 0 saturated carbocycles. The van der Waals surface area contributed by atoms with E-state index in [0.717, 1.165) is 27.5 Å². The van der Waals surface area contributed by atoms with Crippen LogP contribution in [0, 0.1) is 0 Å². The zero-order chi connectivity index (χ0) is 21.5. The average molecular weight is 441 g/mol. The van der Waals surface area contributed by atoms with E-state index >= 15 is 0 Å². The largest absolute Gasteiger partial charge is 0.422 e. The van der Waals surface area contributed by atoms with E-state index in [1.54, 1.807) is 11.3 Å². The van der Waals surface area contributed by atoms with Gasteiger partial charge in [0, 0.05) is 30.9 Å². The summed E-state index contributed by atoms with van der Waals surface area (Å²) in [6.07, 6.45) is 0. The van der Waals surface area contributed by atoms with Gasteiger partial charge in [-0.05, 0) is 47.2 Å². The number of fused-ring (bicyclic) bond motifs is 9. The molecule has 0 saturated heterocycles. The Bertz CT molecular complexity index is 2040. The molecule has 0 N–H and O–H groups in total. The Morgan fingerprint density at radius 3 is 2.30 bits per heavy atom. The van der Waals surface area contributed by atoms with Crippen molar-refractivity contribution >= 4 is 75.2 Å². The van der Waals surface area contributed by atoms with Crippen molar-refractivity contribution in [1.29, 1.82) is 0 Å². The standard InChI is InChI=1S/C29H16N2OS/c1-2-8-18-16-24-21(15-17(18)7-1)19-9-3-5-11-23(19)31(24)29-30-22-13-14-26-27(28(22)32-29)20-10-4-6-12-25(20)33-26/h1-16H. The van der Waals surface area contributed by atoms with Gasteiger partial charge in [-0.15, -0.1) is 11.3 Å². The molecule has 0 unspecified atom stereocenters. The molecule has 0 radical (unpaired) electrons. The predicted molar refractivity (Wildman–Crippen MR) is 139 cm³/mol. The average Bonchev–Trinajstić information content (AvgIpc) is 3.53. The van der Waals surface area contributed by atoms with Gasteiger partial charge in [-0.3, -0.25) is 4.57 Å². The quantitative estimate of drug-likeness (QED) is 0.256. The Labute approximate surface area is 192 Å². The summed E-state index contributed by atoms with van der Waals surface area (Å²) < 4.78 is 11.2. The summed E-state index contributed by atoms with van der Waals surface area (Å²) in [5.74, 6) is 0. The fourth-order valence-electron chi connectivity index (χ4n) is 5.14. The molecule has 0 aliphatic rings. The van der Waals surface area contributed by atoms with Gasteiger partial charge in [0.25, 0.3) is 0 Å². The molecule has 3 heterocycles. The molecule has 3 nitrogen and oxygen atoms in total. The molecule has 4 heteroatoms. The number of hydrogen-bond acceptors (Lipinski definition) is 3. The highest BCUT2D eigenvalue weighted by molar-refractivity contribution is 7.26. The second-order valence-corrected chi connectivity index (χ2v) is 9.53. The summed E-state index contributed by atoms with van der Waals surface area (Å²) in [5, 5.41) is 7.22. The molecule has 8 rings (SSSR count). The maximum Gasteiger partial charge on any atom is 0.307 e. The van der Waals surface area contributed by atoms with Gasteiger partial charge in [-0.25, -0.2) is 0 Å². The van der Waals surface area contributed by atoms with Crippen LogP contribution < -0.4 is 0 Å². The van der Waals surface area contributed by atoms with Gasteiger partial charge in [0.05, 0.1) is 11.0 Å². The fraction of sp³-hybridized carbons (Fsp3) is 0. The maximum absolute atomic E-state index is 6.58. The van der Waals surface area contributed by atoms with Crippen LogP contribution in [0.15, 0.2) is 101 Å². The van der Waals surface area contributed by atoms with E-state index in [1.165, 1.54) is 36.3 Å². The number of aromatic nitrogens is 2. The highest BCUT2D eigenvalue weighted by atomic mass is 32.1. The number of para-hydroxylation sites is 1. The number of oxazole rings is 1. The van der Waals surface area contributed by atoms with Gasteiger partial charge in [0.15, 0.2) is 5.58 Å². The third-order valence-corrected chi connectivity index (χ3v) is 7.75. The second-order valence-electron chi connectivity index (χ2n) is 8.45. The molecule has 33 heavy (non-hydrogen) atoms. The van der Waals surface area contributed by atoms with E-state index in [0.29, 0.717) is 6.01 Å². The molecular formula is C29H16N2OS. The van der Waals surface area contributed by atoms with E-state index in [9.17, 15) is 0 Å². The highest BCUT2D eigenvalue weighted by Crippen LogP contribution is 2.40. The predicted octanol–water partition coefficient (Wildman–Crippen LogP) is 8.45. The first-order chi connectivity index (χ1) is 16.3. The molecule has 0 bridgehead atoms. The first-order valence-corrected chi connectivity index (χ1v) is 11.8. The molecule has 154 valence electrons. The Hall–Kier alpha value is -4.15. The van der Waals surface area contributed by atoms with E-state index in [4.69, 9.17) is 9.40 Å². The number of thiophene rings is 1. The van der Waals surface area contributed by atoms with Gasteiger partial charge in [0.1, 0.15) is 5.52 Å². The zero-order valence-electron chi connectivity index (χ0n) is 17.4. The Kier molecular flexibility index (Phi) is 3.28. The molecule has 5 aromatic carbocycles. The van der Waals surface area contributed by atoms with Crippen molar-refractivity contribution < 1.29 is 4.42 Å². The topological polar surface area (TPSA) is 31.0 Å². The molecule has 3 aromatic heterocycles. The van der Waals surface area contributed by atoms with Crippen LogP contribution in [0.25, 0.3) is 69.9 Å². The first-order valence-electron chi connectivity index (χ1n) is 11.0. The maximum atomic E-state index is 6.58. The van der Waals surface area contributed by atoms with Gasteiger partial charge in [-0.2, -0.15) is 4.98 Å². The molecule has 0 atom stereocenters. The van der Waals surface area contributed by atoms with Crippen molar-refractivity contribution in [3.8, 4) is 6.01 Å². The van der Waals surface area contributed by atoms with Crippen LogP contribution in [-0.4, -0.2) is 9.55 Å². The van der Waals surface area contributed by atoms with E-state index in [2.05, 4.69) is 102 Å². The van der Waals surface area contributed by atoms with E-state index in [1.807, 2.05) is 0 Å². The molecule has 0 amide bonds. The van der Waals surface area contributed by atoms with Crippen molar-refractivity contribution in [1.82, 2.24) is 9.55 Å². The molecule has 0 aliphatic carbocycles. The molecule has 0 fully saturated rings. The van der Waals surface area contributed by atoms with Crippen LogP contribution in [0.4, 0.5) is 0 Å². The first kappa shape index (κ1) is 17.4. The minimum absolute atomic E-state index is 0.606. The van der Waals surface area contributed by atoms with Gasteiger partial charge in [-0.1, -0.05) is 60.7 Å². The Morgan fingerprint density at radius 1 is 0.636 bits per heavy atom. The van der Waals surface area contributed by atoms with Crippen molar-refractivity contribution in [3.63, 3.8) is 0 Å². The monoisotopic (exact) mass is 440 g/mol. The third kappa shape index (κ3) is 2.31. The fourth-order valence-corrected chi connectivity index (χ4v) is 6.24. The van der Waals surface area contributed by atoms with E-state index in [-0.39, 0.29) is 0 Å². The summed E-state index contributed by atoms with van der Waals surface area (Å²) in [5.41, 5.74) is 3.94. The summed E-state index contributed by atoms with van der Waals surface area (Å²) in [6.45, 7) is 0. The Balaban J connectivity index is 1.52. The minimum Gasteiger partial charge on any atom is -0.422 e. The molecular weight excluding hydrogens is 424 g/mol.